The number of urea groups is 1. The molecule has 6 nitrogen and oxygen atoms in total. The van der Waals surface area contributed by atoms with Crippen LogP contribution in [0.1, 0.15) is 0 Å². The first-order chi connectivity index (χ1) is 4.61. The van der Waals surface area contributed by atoms with Crippen molar-refractivity contribution in [3.63, 3.8) is 0 Å². The first kappa shape index (κ1) is 6.79. The van der Waals surface area contributed by atoms with E-state index >= 15 is 0 Å². The van der Waals surface area contributed by atoms with Gasteiger partial charge in [-0.25, -0.2) is 4.79 Å². The molecule has 0 bridgehead atoms. The van der Waals surface area contributed by atoms with Gasteiger partial charge in [0.25, 0.3) is 0 Å². The molecule has 1 saturated heterocycles. The molecular weight excluding hydrogens is 138 g/mol. The fraction of sp³-hybridized carbons (Fsp3) is 0.750. The van der Waals surface area contributed by atoms with E-state index in [1.165, 1.54) is 11.9 Å². The minimum atomic E-state index is -0.933. The van der Waals surface area contributed by atoms with Gasteiger partial charge in [-0.2, -0.15) is 0 Å². The molecule has 0 aromatic carbocycles. The van der Waals surface area contributed by atoms with Crippen LogP contribution in [0.4, 0.5) is 4.79 Å². The second kappa shape index (κ2) is 2.13. The van der Waals surface area contributed by atoms with Gasteiger partial charge in [0, 0.05) is 12.0 Å². The summed E-state index contributed by atoms with van der Waals surface area (Å²) in [5, 5.41) is 12.2. The van der Waals surface area contributed by atoms with Gasteiger partial charge in [0.05, 0.1) is 0 Å². The van der Waals surface area contributed by atoms with E-state index in [-0.39, 0.29) is 12.6 Å². The predicted molar refractivity (Wildman–Crippen MR) is 31.9 cm³/mol. The molecule has 2 amide bonds. The van der Waals surface area contributed by atoms with Gasteiger partial charge in [0.1, 0.15) is 6.54 Å². The zero-order valence-electron chi connectivity index (χ0n) is 5.40. The van der Waals surface area contributed by atoms with Crippen molar-refractivity contribution in [2.45, 2.75) is 6.17 Å². The molecule has 1 unspecified atom stereocenters. The van der Waals surface area contributed by atoms with E-state index in [0.717, 1.165) is 0 Å². The SMILES string of the molecule is CN1CC([N+](=O)[O-])NC1=O. The summed E-state index contributed by atoms with van der Waals surface area (Å²) in [6.45, 7) is 0.145. The summed E-state index contributed by atoms with van der Waals surface area (Å²) in [6.07, 6.45) is -0.933. The Morgan fingerprint density at radius 2 is 2.50 bits per heavy atom. The molecule has 56 valence electrons. The molecule has 1 fully saturated rings. The van der Waals surface area contributed by atoms with Crippen molar-refractivity contribution in [1.29, 1.82) is 0 Å². The lowest BCUT2D eigenvalue weighted by Crippen LogP contribution is -2.33. The average molecular weight is 145 g/mol. The molecule has 0 saturated carbocycles. The van der Waals surface area contributed by atoms with Crippen molar-refractivity contribution in [1.82, 2.24) is 10.2 Å². The van der Waals surface area contributed by atoms with Gasteiger partial charge in [-0.05, 0) is 0 Å². The molecule has 1 rings (SSSR count). The lowest BCUT2D eigenvalue weighted by molar-refractivity contribution is -0.522. The zero-order valence-corrected chi connectivity index (χ0v) is 5.40. The fourth-order valence-corrected chi connectivity index (χ4v) is 0.760. The van der Waals surface area contributed by atoms with E-state index in [1.54, 1.807) is 0 Å². The standard InChI is InChI=1S/C4H7N3O3/c1-6-2-3(7(9)10)5-4(6)8/h3H,2H2,1H3,(H,5,8). The molecule has 0 aliphatic carbocycles. The average Bonchev–Trinajstić information content (AvgIpc) is 2.13. The Hall–Kier alpha value is -1.33. The number of rotatable bonds is 1. The smallest absolute Gasteiger partial charge is 0.319 e. The maximum Gasteiger partial charge on any atom is 0.322 e. The van der Waals surface area contributed by atoms with Gasteiger partial charge < -0.3 is 4.90 Å². The Bertz CT molecular complexity index is 181. The van der Waals surface area contributed by atoms with Crippen molar-refractivity contribution in [3.05, 3.63) is 10.1 Å². The fourth-order valence-electron chi connectivity index (χ4n) is 0.760. The number of amides is 2. The van der Waals surface area contributed by atoms with Crippen LogP contribution < -0.4 is 5.32 Å². The number of carbonyl (C=O) groups excluding carboxylic acids is 1. The van der Waals surface area contributed by atoms with E-state index in [2.05, 4.69) is 5.32 Å². The van der Waals surface area contributed by atoms with Crippen LogP contribution in [-0.4, -0.2) is 35.6 Å². The Balaban J connectivity index is 2.57. The molecule has 0 spiro atoms. The highest BCUT2D eigenvalue weighted by Gasteiger charge is 2.33. The summed E-state index contributed by atoms with van der Waals surface area (Å²) in [6, 6.07) is -0.387. The highest BCUT2D eigenvalue weighted by atomic mass is 16.6. The van der Waals surface area contributed by atoms with Gasteiger partial charge in [-0.15, -0.1) is 0 Å². The maximum atomic E-state index is 10.6. The Kier molecular flexibility index (Phi) is 1.44. The molecule has 0 radical (unpaired) electrons. The largest absolute Gasteiger partial charge is 0.322 e. The van der Waals surface area contributed by atoms with Gasteiger partial charge in [0.15, 0.2) is 0 Å². The molecule has 1 aliphatic rings. The minimum Gasteiger partial charge on any atom is -0.319 e. The zero-order chi connectivity index (χ0) is 7.72. The van der Waals surface area contributed by atoms with Gasteiger partial charge in [0.2, 0.25) is 0 Å². The predicted octanol–water partition coefficient (Wildman–Crippen LogP) is -0.756. The van der Waals surface area contributed by atoms with E-state index in [1.807, 2.05) is 0 Å². The van der Waals surface area contributed by atoms with Crippen LogP contribution >= 0.6 is 0 Å². The summed E-state index contributed by atoms with van der Waals surface area (Å²) >= 11 is 0. The first-order valence-electron chi connectivity index (χ1n) is 2.76. The third-order valence-electron chi connectivity index (χ3n) is 1.34. The van der Waals surface area contributed by atoms with Crippen molar-refractivity contribution >= 4 is 6.03 Å². The minimum absolute atomic E-state index is 0.145. The summed E-state index contributed by atoms with van der Waals surface area (Å²) in [7, 11) is 1.51. The van der Waals surface area contributed by atoms with Crippen LogP contribution in [0.3, 0.4) is 0 Å². The van der Waals surface area contributed by atoms with Crippen molar-refractivity contribution in [3.8, 4) is 0 Å². The third-order valence-corrected chi connectivity index (χ3v) is 1.34. The lowest BCUT2D eigenvalue weighted by atomic mass is 10.5. The summed E-state index contributed by atoms with van der Waals surface area (Å²) < 4.78 is 0. The molecule has 6 heteroatoms. The number of nitro groups is 1. The maximum absolute atomic E-state index is 10.6. The van der Waals surface area contributed by atoms with Crippen molar-refractivity contribution in [2.75, 3.05) is 13.6 Å². The summed E-state index contributed by atoms with van der Waals surface area (Å²) in [5.74, 6) is 0. The van der Waals surface area contributed by atoms with E-state index in [4.69, 9.17) is 0 Å². The second-order valence-electron chi connectivity index (χ2n) is 2.13. The Morgan fingerprint density at radius 3 is 2.70 bits per heavy atom. The highest BCUT2D eigenvalue weighted by Crippen LogP contribution is 1.99. The van der Waals surface area contributed by atoms with E-state index in [9.17, 15) is 14.9 Å². The molecule has 1 heterocycles. The van der Waals surface area contributed by atoms with Crippen LogP contribution in [0.5, 0.6) is 0 Å². The number of hydrogen-bond acceptors (Lipinski definition) is 3. The molecule has 1 atom stereocenters. The molecule has 10 heavy (non-hydrogen) atoms. The first-order valence-corrected chi connectivity index (χ1v) is 2.76. The Morgan fingerprint density at radius 1 is 1.90 bits per heavy atom. The molecule has 0 aromatic rings. The quantitative estimate of drug-likeness (QED) is 0.389. The number of hydrogen-bond donors (Lipinski definition) is 1. The van der Waals surface area contributed by atoms with Crippen molar-refractivity contribution in [2.24, 2.45) is 0 Å². The molecule has 0 aromatic heterocycles. The number of carbonyl (C=O) groups is 1. The van der Waals surface area contributed by atoms with E-state index < -0.39 is 11.1 Å². The molecule has 1 aliphatic heterocycles. The monoisotopic (exact) mass is 145 g/mol. The van der Waals surface area contributed by atoms with Crippen LogP contribution in [0.15, 0.2) is 0 Å². The van der Waals surface area contributed by atoms with Gasteiger partial charge >= 0.3 is 12.2 Å². The van der Waals surface area contributed by atoms with E-state index in [0.29, 0.717) is 0 Å². The van der Waals surface area contributed by atoms with Crippen LogP contribution in [-0.2, 0) is 0 Å². The van der Waals surface area contributed by atoms with Gasteiger partial charge in [-0.3, -0.25) is 15.4 Å². The van der Waals surface area contributed by atoms with Crippen LogP contribution in [0, 0.1) is 10.1 Å². The number of nitrogens with one attached hydrogen (secondary N) is 1. The molecule has 1 N–H and O–H groups in total. The second-order valence-corrected chi connectivity index (χ2v) is 2.13. The Labute approximate surface area is 57.0 Å². The summed E-state index contributed by atoms with van der Waals surface area (Å²) in [4.78, 5) is 21.4. The van der Waals surface area contributed by atoms with Crippen molar-refractivity contribution < 1.29 is 9.72 Å². The highest BCUT2D eigenvalue weighted by molar-refractivity contribution is 5.76. The van der Waals surface area contributed by atoms with Crippen LogP contribution in [0.25, 0.3) is 0 Å². The summed E-state index contributed by atoms with van der Waals surface area (Å²) in [5.41, 5.74) is 0. The van der Waals surface area contributed by atoms with Gasteiger partial charge in [-0.1, -0.05) is 0 Å². The topological polar surface area (TPSA) is 75.5 Å². The number of likely N-dealkylation sites (N-methyl/N-ethyl adjacent to an activating group) is 1. The number of nitrogens with zero attached hydrogens (tertiary/aromatic N) is 2. The van der Waals surface area contributed by atoms with Crippen LogP contribution in [0.2, 0.25) is 0 Å². The normalized spacial score (nSPS) is 24.7. The molecular formula is C4H7N3O3. The third kappa shape index (κ3) is 0.996. The lowest BCUT2D eigenvalue weighted by Gasteiger charge is -2.00.